The highest BCUT2D eigenvalue weighted by atomic mass is 35.5. The average Bonchev–Trinajstić information content (AvgIpc) is 2.25. The van der Waals surface area contributed by atoms with Crippen molar-refractivity contribution in [3.63, 3.8) is 0 Å². The molecular formula is C14H18ClN2O4-. The maximum atomic E-state index is 12.0. The molecule has 21 heavy (non-hydrogen) atoms. The first-order valence-electron chi connectivity index (χ1n) is 6.39. The molecule has 116 valence electrons. The Morgan fingerprint density at radius 3 is 2.38 bits per heavy atom. The number of halogens is 1. The van der Waals surface area contributed by atoms with Crippen LogP contribution in [-0.2, 0) is 4.74 Å². The SMILES string of the molecule is Cc1nc(Cl)ccc1C(C)N(C(=O)[O-])C(=O)OC(C)(C)C. The number of aryl methyl sites for hydroxylation is 1. The fourth-order valence-corrected chi connectivity index (χ4v) is 2.01. The molecule has 0 bridgehead atoms. The topological polar surface area (TPSA) is 82.6 Å². The minimum atomic E-state index is -1.63. The quantitative estimate of drug-likeness (QED) is 0.784. The van der Waals surface area contributed by atoms with Crippen molar-refractivity contribution in [2.45, 2.75) is 46.3 Å². The van der Waals surface area contributed by atoms with Gasteiger partial charge in [0, 0.05) is 5.69 Å². The maximum Gasteiger partial charge on any atom is 0.416 e. The number of hydrogen-bond donors (Lipinski definition) is 0. The van der Waals surface area contributed by atoms with Crippen molar-refractivity contribution in [2.24, 2.45) is 0 Å². The first-order valence-corrected chi connectivity index (χ1v) is 6.77. The van der Waals surface area contributed by atoms with E-state index in [1.807, 2.05) is 0 Å². The fraction of sp³-hybridized carbons (Fsp3) is 0.500. The minimum Gasteiger partial charge on any atom is -0.529 e. The van der Waals surface area contributed by atoms with Crippen molar-refractivity contribution in [1.82, 2.24) is 9.88 Å². The van der Waals surface area contributed by atoms with Crippen LogP contribution in [0.2, 0.25) is 5.15 Å². The van der Waals surface area contributed by atoms with Crippen LogP contribution >= 0.6 is 11.6 Å². The minimum absolute atomic E-state index is 0.292. The molecule has 0 aromatic carbocycles. The van der Waals surface area contributed by atoms with Crippen LogP contribution in [0.15, 0.2) is 12.1 Å². The van der Waals surface area contributed by atoms with E-state index in [4.69, 9.17) is 16.3 Å². The lowest BCUT2D eigenvalue weighted by atomic mass is 10.1. The second-order valence-corrected chi connectivity index (χ2v) is 5.99. The monoisotopic (exact) mass is 313 g/mol. The summed E-state index contributed by atoms with van der Waals surface area (Å²) in [6, 6.07) is 2.35. The smallest absolute Gasteiger partial charge is 0.416 e. The van der Waals surface area contributed by atoms with Crippen molar-refractivity contribution in [2.75, 3.05) is 0 Å². The van der Waals surface area contributed by atoms with Gasteiger partial charge in [0.2, 0.25) is 0 Å². The number of ether oxygens (including phenoxy) is 1. The van der Waals surface area contributed by atoms with Crippen LogP contribution < -0.4 is 5.11 Å². The zero-order valence-electron chi connectivity index (χ0n) is 12.6. The van der Waals surface area contributed by atoms with Gasteiger partial charge in [0.25, 0.3) is 0 Å². The van der Waals surface area contributed by atoms with Gasteiger partial charge in [0.15, 0.2) is 0 Å². The third-order valence-electron chi connectivity index (χ3n) is 2.72. The molecule has 7 heteroatoms. The Morgan fingerprint density at radius 2 is 1.95 bits per heavy atom. The van der Waals surface area contributed by atoms with Crippen LogP contribution in [0.3, 0.4) is 0 Å². The summed E-state index contributed by atoms with van der Waals surface area (Å²) < 4.78 is 5.09. The molecule has 0 radical (unpaired) electrons. The Hall–Kier alpha value is -1.82. The molecule has 0 aliphatic heterocycles. The lowest BCUT2D eigenvalue weighted by molar-refractivity contribution is -0.265. The van der Waals surface area contributed by atoms with E-state index in [-0.39, 0.29) is 0 Å². The second-order valence-electron chi connectivity index (χ2n) is 5.60. The van der Waals surface area contributed by atoms with Gasteiger partial charge in [-0.15, -0.1) is 0 Å². The van der Waals surface area contributed by atoms with E-state index in [1.165, 1.54) is 6.07 Å². The van der Waals surface area contributed by atoms with E-state index in [9.17, 15) is 14.7 Å². The van der Waals surface area contributed by atoms with Gasteiger partial charge in [-0.05, 0) is 46.2 Å². The number of carbonyl (C=O) groups excluding carboxylic acids is 2. The van der Waals surface area contributed by atoms with Crippen molar-refractivity contribution in [3.8, 4) is 0 Å². The number of carboxylic acid groups (broad SMARTS) is 1. The molecule has 0 saturated carbocycles. The van der Waals surface area contributed by atoms with Gasteiger partial charge < -0.3 is 14.6 Å². The van der Waals surface area contributed by atoms with Crippen LogP contribution in [-0.4, -0.2) is 27.7 Å². The highest BCUT2D eigenvalue weighted by molar-refractivity contribution is 6.29. The first-order chi connectivity index (χ1) is 9.53. The predicted octanol–water partition coefficient (Wildman–Crippen LogP) is 2.68. The fourth-order valence-electron chi connectivity index (χ4n) is 1.82. The third kappa shape index (κ3) is 4.60. The molecule has 0 spiro atoms. The Labute approximate surface area is 128 Å². The molecule has 1 atom stereocenters. The van der Waals surface area contributed by atoms with Gasteiger partial charge in [-0.3, -0.25) is 4.90 Å². The summed E-state index contributed by atoms with van der Waals surface area (Å²) in [5.41, 5.74) is 0.275. The summed E-state index contributed by atoms with van der Waals surface area (Å²) in [5.74, 6) is 0. The van der Waals surface area contributed by atoms with Gasteiger partial charge in [-0.1, -0.05) is 17.7 Å². The van der Waals surface area contributed by atoms with Gasteiger partial charge >= 0.3 is 6.09 Å². The zero-order valence-corrected chi connectivity index (χ0v) is 13.4. The number of amides is 2. The number of nitrogens with zero attached hydrogens (tertiary/aromatic N) is 2. The van der Waals surface area contributed by atoms with Gasteiger partial charge in [0.05, 0.1) is 6.04 Å². The van der Waals surface area contributed by atoms with Gasteiger partial charge in [0.1, 0.15) is 16.8 Å². The van der Waals surface area contributed by atoms with Crippen LogP contribution in [0.4, 0.5) is 9.59 Å². The lowest BCUT2D eigenvalue weighted by Crippen LogP contribution is -2.48. The summed E-state index contributed by atoms with van der Waals surface area (Å²) in [6.07, 6.45) is -2.62. The number of imide groups is 1. The summed E-state index contributed by atoms with van der Waals surface area (Å²) in [4.78, 5) is 27.9. The second kappa shape index (κ2) is 6.30. The number of carbonyl (C=O) groups is 2. The number of aromatic nitrogens is 1. The summed E-state index contributed by atoms with van der Waals surface area (Å²) >= 11 is 5.77. The van der Waals surface area contributed by atoms with Crippen LogP contribution in [0, 0.1) is 6.92 Å². The van der Waals surface area contributed by atoms with Gasteiger partial charge in [-0.2, -0.15) is 0 Å². The summed E-state index contributed by atoms with van der Waals surface area (Å²) in [6.45, 7) is 8.19. The molecule has 1 rings (SSSR count). The molecule has 0 aliphatic rings. The third-order valence-corrected chi connectivity index (χ3v) is 2.93. The predicted molar refractivity (Wildman–Crippen MR) is 75.9 cm³/mol. The Balaban J connectivity index is 3.11. The molecule has 0 saturated heterocycles. The highest BCUT2D eigenvalue weighted by Gasteiger charge is 2.29. The van der Waals surface area contributed by atoms with Crippen molar-refractivity contribution in [3.05, 3.63) is 28.5 Å². The molecular weight excluding hydrogens is 296 g/mol. The molecule has 2 amide bonds. The number of hydrogen-bond acceptors (Lipinski definition) is 5. The average molecular weight is 314 g/mol. The Morgan fingerprint density at radius 1 is 1.38 bits per heavy atom. The molecule has 1 aromatic rings. The molecule has 1 unspecified atom stereocenters. The molecule has 0 N–H and O–H groups in total. The summed E-state index contributed by atoms with van der Waals surface area (Å²) in [5, 5.41) is 11.6. The van der Waals surface area contributed by atoms with Crippen molar-refractivity contribution < 1.29 is 19.4 Å². The van der Waals surface area contributed by atoms with Crippen LogP contribution in [0.25, 0.3) is 0 Å². The van der Waals surface area contributed by atoms with Gasteiger partial charge in [-0.25, -0.2) is 9.78 Å². The van der Waals surface area contributed by atoms with E-state index in [0.717, 1.165) is 0 Å². The van der Waals surface area contributed by atoms with E-state index >= 15 is 0 Å². The Kier molecular flexibility index (Phi) is 5.17. The molecule has 1 heterocycles. The highest BCUT2D eigenvalue weighted by Crippen LogP contribution is 2.25. The molecule has 6 nitrogen and oxygen atoms in total. The largest absolute Gasteiger partial charge is 0.529 e. The van der Waals surface area contributed by atoms with Crippen molar-refractivity contribution >= 4 is 23.8 Å². The summed E-state index contributed by atoms with van der Waals surface area (Å²) in [7, 11) is 0. The van der Waals surface area contributed by atoms with Crippen LogP contribution in [0.5, 0.6) is 0 Å². The first kappa shape index (κ1) is 17.2. The van der Waals surface area contributed by atoms with Crippen molar-refractivity contribution in [1.29, 1.82) is 0 Å². The zero-order chi connectivity index (χ0) is 16.4. The van der Waals surface area contributed by atoms with E-state index in [0.29, 0.717) is 21.3 Å². The van der Waals surface area contributed by atoms with E-state index in [1.54, 1.807) is 40.7 Å². The normalized spacial score (nSPS) is 12.7. The van der Waals surface area contributed by atoms with Crippen LogP contribution in [0.1, 0.15) is 45.0 Å². The molecule has 0 fully saturated rings. The Bertz CT molecular complexity index is 554. The number of pyridine rings is 1. The lowest BCUT2D eigenvalue weighted by Gasteiger charge is -2.32. The maximum absolute atomic E-state index is 12.0. The number of rotatable bonds is 2. The van der Waals surface area contributed by atoms with E-state index in [2.05, 4.69) is 4.98 Å². The molecule has 0 aliphatic carbocycles. The van der Waals surface area contributed by atoms with E-state index < -0.39 is 23.8 Å². The molecule has 1 aromatic heterocycles. The standard InChI is InChI=1S/C14H19ClN2O4/c1-8-10(6-7-11(15)16-8)9(2)17(12(18)19)13(20)21-14(3,4)5/h6-7,9H,1-5H3,(H,18,19)/p-1.